The number of anilines is 2. The van der Waals surface area contributed by atoms with Crippen LogP contribution in [0.4, 0.5) is 11.4 Å². The Morgan fingerprint density at radius 3 is 2.73 bits per heavy atom. The Kier molecular flexibility index (Phi) is 6.40. The molecule has 1 aliphatic rings. The lowest BCUT2D eigenvalue weighted by Gasteiger charge is -2.35. The van der Waals surface area contributed by atoms with Gasteiger partial charge in [-0.3, -0.25) is 9.78 Å². The van der Waals surface area contributed by atoms with Gasteiger partial charge in [-0.15, -0.1) is 11.3 Å². The van der Waals surface area contributed by atoms with Gasteiger partial charge < -0.3 is 15.1 Å². The van der Waals surface area contributed by atoms with Gasteiger partial charge in [-0.1, -0.05) is 6.92 Å². The molecular weight excluding hydrogens is 394 g/mol. The van der Waals surface area contributed by atoms with Gasteiger partial charge in [0.25, 0.3) is 0 Å². The van der Waals surface area contributed by atoms with Crippen LogP contribution in [-0.2, 0) is 11.2 Å². The number of thiazole rings is 1. The summed E-state index contributed by atoms with van der Waals surface area (Å²) in [6, 6.07) is 10.1. The Morgan fingerprint density at radius 2 is 2.03 bits per heavy atom. The summed E-state index contributed by atoms with van der Waals surface area (Å²) < 4.78 is 0. The van der Waals surface area contributed by atoms with Crippen LogP contribution in [0.25, 0.3) is 10.6 Å². The van der Waals surface area contributed by atoms with Crippen molar-refractivity contribution in [2.75, 3.05) is 42.9 Å². The molecule has 0 saturated carbocycles. The van der Waals surface area contributed by atoms with Gasteiger partial charge in [0.1, 0.15) is 5.01 Å². The van der Waals surface area contributed by atoms with Gasteiger partial charge in [-0.2, -0.15) is 0 Å². The fourth-order valence-corrected chi connectivity index (χ4v) is 4.49. The van der Waals surface area contributed by atoms with Crippen molar-refractivity contribution in [1.82, 2.24) is 14.9 Å². The smallest absolute Gasteiger partial charge is 0.230 e. The highest BCUT2D eigenvalue weighted by molar-refractivity contribution is 7.13. The number of aryl methyl sites for hydroxylation is 1. The molecule has 6 nitrogen and oxygen atoms in total. The van der Waals surface area contributed by atoms with E-state index in [2.05, 4.69) is 44.1 Å². The van der Waals surface area contributed by atoms with Crippen LogP contribution in [0.3, 0.4) is 0 Å². The van der Waals surface area contributed by atoms with Crippen LogP contribution in [0, 0.1) is 6.92 Å². The first-order valence-corrected chi connectivity index (χ1v) is 11.2. The largest absolute Gasteiger partial charge is 0.369 e. The molecule has 1 aliphatic heterocycles. The maximum Gasteiger partial charge on any atom is 0.230 e. The monoisotopic (exact) mass is 421 g/mol. The van der Waals surface area contributed by atoms with Gasteiger partial charge in [-0.05, 0) is 49.4 Å². The number of likely N-dealkylation sites (N-methyl/N-ethyl adjacent to an activating group) is 1. The number of piperazine rings is 1. The highest BCUT2D eigenvalue weighted by atomic mass is 32.1. The van der Waals surface area contributed by atoms with Gasteiger partial charge in [0.15, 0.2) is 0 Å². The molecule has 0 radical (unpaired) electrons. The van der Waals surface area contributed by atoms with E-state index in [1.807, 2.05) is 30.5 Å². The number of hydrogen-bond acceptors (Lipinski definition) is 6. The molecule has 2 aromatic heterocycles. The van der Waals surface area contributed by atoms with Crippen LogP contribution in [0.1, 0.15) is 18.2 Å². The quantitative estimate of drug-likeness (QED) is 0.655. The van der Waals surface area contributed by atoms with E-state index in [0.717, 1.165) is 60.2 Å². The Morgan fingerprint density at radius 1 is 1.20 bits per heavy atom. The zero-order valence-electron chi connectivity index (χ0n) is 17.5. The molecule has 0 spiro atoms. The second kappa shape index (κ2) is 9.36. The molecule has 1 fully saturated rings. The minimum absolute atomic E-state index is 0.0505. The molecule has 4 rings (SSSR count). The highest BCUT2D eigenvalue weighted by Gasteiger charge is 2.17. The lowest BCUT2D eigenvalue weighted by Crippen LogP contribution is -2.46. The zero-order valence-corrected chi connectivity index (χ0v) is 18.3. The maximum atomic E-state index is 12.6. The second-order valence-electron chi connectivity index (χ2n) is 7.53. The van der Waals surface area contributed by atoms with E-state index >= 15 is 0 Å². The number of pyridine rings is 1. The van der Waals surface area contributed by atoms with Gasteiger partial charge in [-0.25, -0.2) is 4.98 Å². The number of nitrogens with one attached hydrogen (secondary N) is 1. The molecule has 1 amide bonds. The zero-order chi connectivity index (χ0) is 20.9. The lowest BCUT2D eigenvalue weighted by molar-refractivity contribution is -0.115. The molecule has 0 atom stereocenters. The summed E-state index contributed by atoms with van der Waals surface area (Å²) in [6.07, 6.45) is 3.79. The standard InChI is InChI=1S/C23H27N5OS/c1-3-27-9-11-28(12-10-27)20-6-7-21(17(2)13-20)26-22(29)14-19-16-30-23(25-19)18-5-4-8-24-15-18/h4-8,13,15-16H,3,9-12,14H2,1-2H3,(H,26,29). The van der Waals surface area contributed by atoms with Gasteiger partial charge in [0.2, 0.25) is 5.91 Å². The summed E-state index contributed by atoms with van der Waals surface area (Å²) in [5.74, 6) is -0.0505. The number of aromatic nitrogens is 2. The number of nitrogens with zero attached hydrogens (tertiary/aromatic N) is 4. The number of carbonyl (C=O) groups is 1. The van der Waals surface area contributed by atoms with Gasteiger partial charge in [0, 0.05) is 60.9 Å². The Bertz CT molecular complexity index is 996. The number of carbonyl (C=O) groups excluding carboxylic acids is 1. The molecule has 1 aromatic carbocycles. The predicted octanol–water partition coefficient (Wildman–Crippen LogP) is 3.84. The number of rotatable bonds is 6. The molecule has 156 valence electrons. The summed E-state index contributed by atoms with van der Waals surface area (Å²) in [6.45, 7) is 9.66. The van der Waals surface area contributed by atoms with Crippen LogP contribution in [-0.4, -0.2) is 53.5 Å². The fourth-order valence-electron chi connectivity index (χ4n) is 3.68. The van der Waals surface area contributed by atoms with E-state index in [4.69, 9.17) is 0 Å². The minimum Gasteiger partial charge on any atom is -0.369 e. The Balaban J connectivity index is 1.36. The van der Waals surface area contributed by atoms with Crippen LogP contribution < -0.4 is 10.2 Å². The third-order valence-corrected chi connectivity index (χ3v) is 6.41. The first-order valence-electron chi connectivity index (χ1n) is 10.3. The van der Waals surface area contributed by atoms with Crippen LogP contribution in [0.15, 0.2) is 48.1 Å². The van der Waals surface area contributed by atoms with Gasteiger partial charge >= 0.3 is 0 Å². The summed E-state index contributed by atoms with van der Waals surface area (Å²) in [5.41, 5.74) is 4.91. The number of amides is 1. The van der Waals surface area contributed by atoms with Crippen molar-refractivity contribution in [1.29, 1.82) is 0 Å². The molecular formula is C23H27N5OS. The minimum atomic E-state index is -0.0505. The lowest BCUT2D eigenvalue weighted by atomic mass is 10.1. The van der Waals surface area contributed by atoms with Crippen molar-refractivity contribution in [2.45, 2.75) is 20.3 Å². The molecule has 7 heteroatoms. The highest BCUT2D eigenvalue weighted by Crippen LogP contribution is 2.25. The Labute approximate surface area is 181 Å². The number of benzene rings is 1. The molecule has 1 N–H and O–H groups in total. The Hall–Kier alpha value is -2.77. The summed E-state index contributed by atoms with van der Waals surface area (Å²) in [5, 5.41) is 5.86. The fraction of sp³-hybridized carbons (Fsp3) is 0.348. The van der Waals surface area contributed by atoms with Crippen LogP contribution >= 0.6 is 11.3 Å². The summed E-state index contributed by atoms with van der Waals surface area (Å²) in [4.78, 5) is 26.2. The summed E-state index contributed by atoms with van der Waals surface area (Å²) >= 11 is 1.53. The third kappa shape index (κ3) is 4.86. The molecule has 0 bridgehead atoms. The normalized spacial score (nSPS) is 14.7. The SMILES string of the molecule is CCN1CCN(c2ccc(NC(=O)Cc3csc(-c4cccnc4)n3)c(C)c2)CC1. The molecule has 3 aromatic rings. The average Bonchev–Trinajstić information content (AvgIpc) is 3.24. The first-order chi connectivity index (χ1) is 14.6. The van der Waals surface area contributed by atoms with Crippen LogP contribution in [0.2, 0.25) is 0 Å². The van der Waals surface area contributed by atoms with E-state index in [-0.39, 0.29) is 12.3 Å². The van der Waals surface area contributed by atoms with Crippen molar-refractivity contribution >= 4 is 28.6 Å². The van der Waals surface area contributed by atoms with Crippen molar-refractivity contribution in [3.63, 3.8) is 0 Å². The molecule has 30 heavy (non-hydrogen) atoms. The summed E-state index contributed by atoms with van der Waals surface area (Å²) in [7, 11) is 0. The van der Waals surface area contributed by atoms with E-state index in [0.29, 0.717) is 0 Å². The van der Waals surface area contributed by atoms with Crippen molar-refractivity contribution in [3.05, 3.63) is 59.4 Å². The maximum absolute atomic E-state index is 12.6. The van der Waals surface area contributed by atoms with Crippen LogP contribution in [0.5, 0.6) is 0 Å². The van der Waals surface area contributed by atoms with Crippen molar-refractivity contribution in [3.8, 4) is 10.6 Å². The molecule has 0 aliphatic carbocycles. The van der Waals surface area contributed by atoms with E-state index in [9.17, 15) is 4.79 Å². The van der Waals surface area contributed by atoms with Crippen molar-refractivity contribution in [2.24, 2.45) is 0 Å². The van der Waals surface area contributed by atoms with E-state index < -0.39 is 0 Å². The second-order valence-corrected chi connectivity index (χ2v) is 8.39. The van der Waals surface area contributed by atoms with E-state index in [1.54, 1.807) is 12.4 Å². The molecule has 0 unspecified atom stereocenters. The predicted molar refractivity (Wildman–Crippen MR) is 123 cm³/mol. The van der Waals surface area contributed by atoms with Crippen molar-refractivity contribution < 1.29 is 4.79 Å². The van der Waals surface area contributed by atoms with Gasteiger partial charge in [0.05, 0.1) is 12.1 Å². The molecule has 1 saturated heterocycles. The average molecular weight is 422 g/mol. The first kappa shape index (κ1) is 20.5. The molecule has 3 heterocycles. The van der Waals surface area contributed by atoms with E-state index in [1.165, 1.54) is 17.0 Å². The topological polar surface area (TPSA) is 61.4 Å². The third-order valence-electron chi connectivity index (χ3n) is 5.47. The number of hydrogen-bond donors (Lipinski definition) is 1.